The second-order valence-electron chi connectivity index (χ2n) is 7.78. The van der Waals surface area contributed by atoms with Crippen LogP contribution in [0.15, 0.2) is 24.3 Å². The van der Waals surface area contributed by atoms with E-state index in [1.807, 2.05) is 31.2 Å². The summed E-state index contributed by atoms with van der Waals surface area (Å²) in [6, 6.07) is 7.28. The zero-order valence-corrected chi connectivity index (χ0v) is 16.6. The number of hydrogen-bond donors (Lipinski definition) is 0. The van der Waals surface area contributed by atoms with Crippen LogP contribution in [0, 0.1) is 6.92 Å². The summed E-state index contributed by atoms with van der Waals surface area (Å²) in [6.07, 6.45) is -0.833. The predicted molar refractivity (Wildman–Crippen MR) is 100 cm³/mol. The van der Waals surface area contributed by atoms with Crippen LogP contribution in [-0.4, -0.2) is 69.8 Å². The Morgan fingerprint density at radius 1 is 1.21 bits per heavy atom. The average molecular weight is 387 g/mol. The van der Waals surface area contributed by atoms with Crippen LogP contribution in [0.4, 0.5) is 4.79 Å². The van der Waals surface area contributed by atoms with Crippen molar-refractivity contribution in [3.8, 4) is 0 Å². The first-order chi connectivity index (χ1) is 13.1. The summed E-state index contributed by atoms with van der Waals surface area (Å²) >= 11 is 0. The summed E-state index contributed by atoms with van der Waals surface area (Å²) in [5.41, 5.74) is 0.885. The Hall–Kier alpha value is -2.90. The van der Waals surface area contributed by atoms with Crippen LogP contribution in [0.1, 0.15) is 31.9 Å². The van der Waals surface area contributed by atoms with E-state index in [9.17, 15) is 19.2 Å². The van der Waals surface area contributed by atoms with E-state index < -0.39 is 36.1 Å². The standard InChI is InChI=1S/C20H25N3O5/c1-13-6-5-7-15(10-13)11-21-8-9-22(14(2)17(21)25)16(24)12-23-18(26)20(3,4)28-19(23)27/h5-7,10,14H,8-9,11-12H2,1-4H3. The van der Waals surface area contributed by atoms with E-state index in [1.165, 1.54) is 18.7 Å². The van der Waals surface area contributed by atoms with Crippen molar-refractivity contribution in [2.45, 2.75) is 45.9 Å². The Labute approximate surface area is 164 Å². The number of carbonyl (C=O) groups excluding carboxylic acids is 4. The van der Waals surface area contributed by atoms with Crippen LogP contribution in [0.5, 0.6) is 0 Å². The number of nitrogens with zero attached hydrogens (tertiary/aromatic N) is 3. The molecule has 2 saturated heterocycles. The lowest BCUT2D eigenvalue weighted by Gasteiger charge is -2.39. The first-order valence-corrected chi connectivity index (χ1v) is 9.29. The van der Waals surface area contributed by atoms with Gasteiger partial charge in [0.05, 0.1) is 0 Å². The Kier molecular flexibility index (Phi) is 5.14. The van der Waals surface area contributed by atoms with Gasteiger partial charge >= 0.3 is 6.09 Å². The molecule has 0 spiro atoms. The molecule has 2 fully saturated rings. The first-order valence-electron chi connectivity index (χ1n) is 9.29. The minimum atomic E-state index is -1.27. The van der Waals surface area contributed by atoms with Crippen molar-refractivity contribution < 1.29 is 23.9 Å². The number of hydrogen-bond acceptors (Lipinski definition) is 5. The normalized spacial score (nSPS) is 21.9. The van der Waals surface area contributed by atoms with Crippen LogP contribution in [0.2, 0.25) is 0 Å². The average Bonchev–Trinajstić information content (AvgIpc) is 2.81. The van der Waals surface area contributed by atoms with Gasteiger partial charge in [0.1, 0.15) is 12.6 Å². The zero-order chi connectivity index (χ0) is 20.6. The minimum absolute atomic E-state index is 0.156. The highest BCUT2D eigenvalue weighted by Gasteiger charge is 2.48. The van der Waals surface area contributed by atoms with E-state index >= 15 is 0 Å². The fourth-order valence-corrected chi connectivity index (χ4v) is 3.55. The number of imide groups is 1. The Morgan fingerprint density at radius 2 is 1.93 bits per heavy atom. The SMILES string of the molecule is Cc1cccc(CN2CCN(C(=O)CN3C(=O)OC(C)(C)C3=O)C(C)C2=O)c1. The number of ether oxygens (including phenoxy) is 1. The number of amides is 4. The molecular formula is C20H25N3O5. The lowest BCUT2D eigenvalue weighted by Crippen LogP contribution is -2.59. The van der Waals surface area contributed by atoms with Gasteiger partial charge in [-0.2, -0.15) is 0 Å². The molecule has 1 atom stereocenters. The highest BCUT2D eigenvalue weighted by molar-refractivity contribution is 6.05. The molecule has 2 aliphatic heterocycles. The molecule has 0 N–H and O–H groups in total. The molecule has 2 aliphatic rings. The molecule has 4 amide bonds. The van der Waals surface area contributed by atoms with Gasteiger partial charge in [0.2, 0.25) is 11.8 Å². The molecule has 0 bridgehead atoms. The highest BCUT2D eigenvalue weighted by Crippen LogP contribution is 2.24. The van der Waals surface area contributed by atoms with Crippen LogP contribution < -0.4 is 0 Å². The Morgan fingerprint density at radius 3 is 2.54 bits per heavy atom. The summed E-state index contributed by atoms with van der Waals surface area (Å²) in [4.78, 5) is 53.5. The second kappa shape index (κ2) is 7.26. The van der Waals surface area contributed by atoms with Crippen LogP contribution in [0.3, 0.4) is 0 Å². The number of aryl methyl sites for hydroxylation is 1. The Bertz CT molecular complexity index is 835. The molecule has 3 rings (SSSR count). The monoisotopic (exact) mass is 387 g/mol. The van der Waals surface area contributed by atoms with Gasteiger partial charge in [-0.05, 0) is 33.3 Å². The fourth-order valence-electron chi connectivity index (χ4n) is 3.55. The molecule has 0 saturated carbocycles. The third-order valence-electron chi connectivity index (χ3n) is 5.14. The van der Waals surface area contributed by atoms with Crippen molar-refractivity contribution in [2.24, 2.45) is 0 Å². The third kappa shape index (κ3) is 3.72. The smallest absolute Gasteiger partial charge is 0.418 e. The van der Waals surface area contributed by atoms with Gasteiger partial charge in [-0.15, -0.1) is 0 Å². The van der Waals surface area contributed by atoms with Gasteiger partial charge in [-0.25, -0.2) is 9.69 Å². The summed E-state index contributed by atoms with van der Waals surface area (Å²) in [5, 5.41) is 0. The van der Waals surface area contributed by atoms with E-state index in [-0.39, 0.29) is 5.91 Å². The molecule has 0 aliphatic carbocycles. The van der Waals surface area contributed by atoms with Crippen LogP contribution in [0.25, 0.3) is 0 Å². The van der Waals surface area contributed by atoms with Crippen molar-refractivity contribution in [1.82, 2.24) is 14.7 Å². The number of piperazine rings is 1. The molecule has 2 heterocycles. The van der Waals surface area contributed by atoms with Crippen molar-refractivity contribution in [1.29, 1.82) is 0 Å². The fraction of sp³-hybridized carbons (Fsp3) is 0.500. The molecule has 150 valence electrons. The molecule has 8 heteroatoms. The maximum Gasteiger partial charge on any atom is 0.418 e. The molecule has 8 nitrogen and oxygen atoms in total. The summed E-state index contributed by atoms with van der Waals surface area (Å²) in [6.45, 7) is 7.43. The van der Waals surface area contributed by atoms with Gasteiger partial charge in [-0.3, -0.25) is 14.4 Å². The van der Waals surface area contributed by atoms with Crippen molar-refractivity contribution in [3.05, 3.63) is 35.4 Å². The third-order valence-corrected chi connectivity index (χ3v) is 5.14. The number of carbonyl (C=O) groups is 4. The number of benzene rings is 1. The second-order valence-corrected chi connectivity index (χ2v) is 7.78. The number of cyclic esters (lactones) is 1. The van der Waals surface area contributed by atoms with Crippen molar-refractivity contribution >= 4 is 23.8 Å². The lowest BCUT2D eigenvalue weighted by atomic mass is 10.1. The molecule has 0 aromatic heterocycles. The Balaban J connectivity index is 1.64. The molecular weight excluding hydrogens is 362 g/mol. The van der Waals surface area contributed by atoms with Crippen molar-refractivity contribution in [3.63, 3.8) is 0 Å². The molecule has 28 heavy (non-hydrogen) atoms. The number of rotatable bonds is 4. The van der Waals surface area contributed by atoms with E-state index in [4.69, 9.17) is 4.74 Å². The summed E-state index contributed by atoms with van der Waals surface area (Å²) in [5.74, 6) is -1.15. The quantitative estimate of drug-likeness (QED) is 0.777. The van der Waals surface area contributed by atoms with Gasteiger partial charge in [0.15, 0.2) is 5.60 Å². The van der Waals surface area contributed by atoms with Gasteiger partial charge in [0.25, 0.3) is 5.91 Å². The highest BCUT2D eigenvalue weighted by atomic mass is 16.6. The predicted octanol–water partition coefficient (Wildman–Crippen LogP) is 1.31. The largest absolute Gasteiger partial charge is 0.433 e. The zero-order valence-electron chi connectivity index (χ0n) is 16.6. The van der Waals surface area contributed by atoms with Gasteiger partial charge in [-0.1, -0.05) is 29.8 Å². The van der Waals surface area contributed by atoms with Crippen molar-refractivity contribution in [2.75, 3.05) is 19.6 Å². The summed E-state index contributed by atoms with van der Waals surface area (Å²) in [7, 11) is 0. The van der Waals surface area contributed by atoms with Gasteiger partial charge in [0, 0.05) is 19.6 Å². The lowest BCUT2D eigenvalue weighted by molar-refractivity contribution is -0.152. The molecule has 1 aromatic rings. The van der Waals surface area contributed by atoms with E-state index in [0.717, 1.165) is 16.0 Å². The van der Waals surface area contributed by atoms with E-state index in [1.54, 1.807) is 11.8 Å². The van der Waals surface area contributed by atoms with E-state index in [2.05, 4.69) is 0 Å². The topological polar surface area (TPSA) is 87.2 Å². The van der Waals surface area contributed by atoms with Crippen LogP contribution >= 0.6 is 0 Å². The maximum atomic E-state index is 12.8. The summed E-state index contributed by atoms with van der Waals surface area (Å²) < 4.78 is 4.99. The molecule has 1 unspecified atom stereocenters. The molecule has 1 aromatic carbocycles. The maximum absolute atomic E-state index is 12.8. The van der Waals surface area contributed by atoms with Crippen LogP contribution in [-0.2, 0) is 25.7 Å². The molecule has 0 radical (unpaired) electrons. The van der Waals surface area contributed by atoms with E-state index in [0.29, 0.717) is 19.6 Å². The van der Waals surface area contributed by atoms with Gasteiger partial charge < -0.3 is 14.5 Å². The first kappa shape index (κ1) is 19.9. The minimum Gasteiger partial charge on any atom is -0.433 e.